The molecule has 4 rings (SSSR count). The van der Waals surface area contributed by atoms with E-state index in [-0.39, 0.29) is 36.2 Å². The minimum Gasteiger partial charge on any atom is -0.394 e. The number of carbonyl (C=O) groups excluding carboxylic acids is 3. The average molecular weight is 500 g/mol. The van der Waals surface area contributed by atoms with Gasteiger partial charge in [0.15, 0.2) is 0 Å². The van der Waals surface area contributed by atoms with Gasteiger partial charge >= 0.3 is 0 Å². The minimum absolute atomic E-state index is 0.0130. The molecule has 8 heteroatoms. The van der Waals surface area contributed by atoms with Gasteiger partial charge in [-0.25, -0.2) is 0 Å². The lowest BCUT2D eigenvalue weighted by Gasteiger charge is -2.37. The maximum atomic E-state index is 14.2. The molecule has 1 aromatic carbocycles. The van der Waals surface area contributed by atoms with Crippen molar-refractivity contribution in [3.05, 3.63) is 35.9 Å². The number of amides is 3. The highest BCUT2D eigenvalue weighted by Gasteiger charge is 2.80. The van der Waals surface area contributed by atoms with Crippen LogP contribution in [0.1, 0.15) is 59.4 Å². The Morgan fingerprint density at radius 3 is 2.50 bits per heavy atom. The fourth-order valence-corrected chi connectivity index (χ4v) is 6.83. The van der Waals surface area contributed by atoms with Gasteiger partial charge in [0.1, 0.15) is 11.6 Å². The molecule has 3 unspecified atom stereocenters. The Morgan fingerprint density at radius 2 is 1.89 bits per heavy atom. The normalized spacial score (nSPS) is 33.6. The summed E-state index contributed by atoms with van der Waals surface area (Å²) in [7, 11) is 0. The van der Waals surface area contributed by atoms with E-state index >= 15 is 0 Å². The number of carbonyl (C=O) groups is 3. The van der Waals surface area contributed by atoms with Crippen LogP contribution >= 0.6 is 0 Å². The molecule has 3 fully saturated rings. The van der Waals surface area contributed by atoms with Crippen molar-refractivity contribution in [2.75, 3.05) is 13.2 Å². The summed E-state index contributed by atoms with van der Waals surface area (Å²) in [6, 6.07) is 8.16. The van der Waals surface area contributed by atoms with Crippen molar-refractivity contribution < 1.29 is 24.2 Å². The zero-order valence-electron chi connectivity index (χ0n) is 22.1. The summed E-state index contributed by atoms with van der Waals surface area (Å²) in [5.41, 5.74) is -0.995. The third-order valence-electron chi connectivity index (χ3n) is 8.49. The van der Waals surface area contributed by atoms with Crippen molar-refractivity contribution in [2.45, 2.75) is 83.7 Å². The van der Waals surface area contributed by atoms with E-state index in [0.29, 0.717) is 25.9 Å². The molecule has 0 saturated carbocycles. The third kappa shape index (κ3) is 4.22. The average Bonchev–Trinajstić information content (AvgIpc) is 3.36. The number of nitrogens with zero attached hydrogens (tertiary/aromatic N) is 1. The Labute approximate surface area is 214 Å². The van der Waals surface area contributed by atoms with Crippen LogP contribution in [-0.4, -0.2) is 64.2 Å². The summed E-state index contributed by atoms with van der Waals surface area (Å²) in [5, 5.41) is 16.3. The van der Waals surface area contributed by atoms with E-state index in [2.05, 4.69) is 10.6 Å². The third-order valence-corrected chi connectivity index (χ3v) is 8.49. The highest BCUT2D eigenvalue weighted by molar-refractivity contribution is 5.99. The Balaban J connectivity index is 1.74. The molecule has 8 nitrogen and oxygen atoms in total. The van der Waals surface area contributed by atoms with Crippen LogP contribution in [0.2, 0.25) is 0 Å². The fourth-order valence-electron chi connectivity index (χ4n) is 6.83. The van der Waals surface area contributed by atoms with Crippen LogP contribution in [0.15, 0.2) is 30.3 Å². The molecule has 3 saturated heterocycles. The molecule has 3 amide bonds. The Morgan fingerprint density at radius 1 is 1.19 bits per heavy atom. The van der Waals surface area contributed by atoms with E-state index in [1.165, 1.54) is 0 Å². The number of fused-ring (bicyclic) bond motifs is 1. The maximum absolute atomic E-state index is 14.2. The van der Waals surface area contributed by atoms with E-state index in [9.17, 15) is 19.5 Å². The Hall–Kier alpha value is -2.45. The molecule has 3 N–H and O–H groups in total. The number of aliphatic hydroxyl groups is 1. The topological polar surface area (TPSA) is 108 Å². The van der Waals surface area contributed by atoms with Crippen LogP contribution in [0, 0.1) is 23.7 Å². The second-order valence-electron chi connectivity index (χ2n) is 11.4. The number of rotatable bonds is 10. The Bertz CT molecular complexity index is 985. The highest BCUT2D eigenvalue weighted by atomic mass is 16.5. The zero-order chi connectivity index (χ0) is 26.3. The highest BCUT2D eigenvalue weighted by Crippen LogP contribution is 2.65. The van der Waals surface area contributed by atoms with Gasteiger partial charge in [0.05, 0.1) is 30.1 Å². The number of hydrogen-bond acceptors (Lipinski definition) is 5. The summed E-state index contributed by atoms with van der Waals surface area (Å²) in [4.78, 5) is 43.0. The van der Waals surface area contributed by atoms with Crippen LogP contribution in [-0.2, 0) is 25.7 Å². The molecular formula is C28H41N3O5. The lowest BCUT2D eigenvalue weighted by Crippen LogP contribution is -2.58. The van der Waals surface area contributed by atoms with Gasteiger partial charge in [-0.2, -0.15) is 0 Å². The van der Waals surface area contributed by atoms with E-state index < -0.39 is 35.1 Å². The first-order valence-electron chi connectivity index (χ1n) is 13.3. The Kier molecular flexibility index (Phi) is 7.49. The van der Waals surface area contributed by atoms with Crippen LogP contribution in [0.4, 0.5) is 0 Å². The first-order chi connectivity index (χ1) is 17.1. The first-order valence-corrected chi connectivity index (χ1v) is 13.3. The van der Waals surface area contributed by atoms with E-state index in [4.69, 9.17) is 4.74 Å². The maximum Gasteiger partial charge on any atom is 0.246 e. The van der Waals surface area contributed by atoms with Crippen LogP contribution in [0.3, 0.4) is 0 Å². The zero-order valence-corrected chi connectivity index (χ0v) is 22.1. The lowest BCUT2D eigenvalue weighted by atomic mass is 9.62. The molecule has 1 spiro atoms. The molecular weight excluding hydrogens is 458 g/mol. The molecule has 198 valence electrons. The molecule has 0 aromatic heterocycles. The molecule has 2 bridgehead atoms. The largest absolute Gasteiger partial charge is 0.394 e. The van der Waals surface area contributed by atoms with Crippen LogP contribution in [0.25, 0.3) is 0 Å². The van der Waals surface area contributed by atoms with Gasteiger partial charge in [0, 0.05) is 13.1 Å². The molecule has 1 aromatic rings. The predicted molar refractivity (Wildman–Crippen MR) is 136 cm³/mol. The monoisotopic (exact) mass is 499 g/mol. The second kappa shape index (κ2) is 10.1. The molecule has 7 atom stereocenters. The smallest absolute Gasteiger partial charge is 0.246 e. The fraction of sp³-hybridized carbons (Fsp3) is 0.679. The standard InChI is InChI=1S/C28H41N3O5/c1-6-12-29-24(33)21-22-26(35)31(20(16-32)13-17(2)3)23(28(22)14-18(4)27(21,5)36-28)25(34)30-15-19-10-8-7-9-11-19/h7-11,17-18,20-23,32H,6,12-16H2,1-5H3,(H,29,33)(H,30,34)/t18?,20-,21+,22+,23?,27-,28?/m1/s1. The lowest BCUT2D eigenvalue weighted by molar-refractivity contribution is -0.151. The summed E-state index contributed by atoms with van der Waals surface area (Å²) in [6.45, 7) is 10.6. The minimum atomic E-state index is -1.11. The number of hydrogen-bond donors (Lipinski definition) is 3. The van der Waals surface area contributed by atoms with Crippen molar-refractivity contribution in [3.8, 4) is 0 Å². The second-order valence-corrected chi connectivity index (χ2v) is 11.4. The summed E-state index contributed by atoms with van der Waals surface area (Å²) in [6.07, 6.45) is 1.84. The quantitative estimate of drug-likeness (QED) is 0.458. The molecule has 0 radical (unpaired) electrons. The van der Waals surface area contributed by atoms with E-state index in [0.717, 1.165) is 12.0 Å². The molecule has 3 aliphatic rings. The number of aliphatic hydroxyl groups excluding tert-OH is 1. The van der Waals surface area contributed by atoms with Gasteiger partial charge in [-0.05, 0) is 43.6 Å². The van der Waals surface area contributed by atoms with Gasteiger partial charge in [0.25, 0.3) is 0 Å². The number of benzene rings is 1. The van der Waals surface area contributed by atoms with Crippen LogP contribution in [0.5, 0.6) is 0 Å². The van der Waals surface area contributed by atoms with Crippen molar-refractivity contribution in [1.82, 2.24) is 15.5 Å². The number of likely N-dealkylation sites (tertiary alicyclic amines) is 1. The first kappa shape index (κ1) is 26.6. The SMILES string of the molecule is CCCNC(=O)[C@@H]1[C@H]2C(=O)N([C@@H](CO)CC(C)C)C(C(=O)NCc3ccccc3)C23CC(C)[C@@]1(C)O3. The van der Waals surface area contributed by atoms with Crippen molar-refractivity contribution in [2.24, 2.45) is 23.7 Å². The van der Waals surface area contributed by atoms with Crippen LogP contribution < -0.4 is 10.6 Å². The van der Waals surface area contributed by atoms with Gasteiger partial charge in [-0.3, -0.25) is 14.4 Å². The summed E-state index contributed by atoms with van der Waals surface area (Å²) >= 11 is 0. The molecule has 36 heavy (non-hydrogen) atoms. The van der Waals surface area contributed by atoms with Gasteiger partial charge in [0.2, 0.25) is 17.7 Å². The van der Waals surface area contributed by atoms with Crippen molar-refractivity contribution >= 4 is 17.7 Å². The van der Waals surface area contributed by atoms with Crippen molar-refractivity contribution in [3.63, 3.8) is 0 Å². The number of nitrogens with one attached hydrogen (secondary N) is 2. The predicted octanol–water partition coefficient (Wildman–Crippen LogP) is 2.25. The number of ether oxygens (including phenoxy) is 1. The molecule has 0 aliphatic carbocycles. The summed E-state index contributed by atoms with van der Waals surface area (Å²) < 4.78 is 6.72. The molecule has 3 aliphatic heterocycles. The summed E-state index contributed by atoms with van der Waals surface area (Å²) in [5.74, 6) is -2.01. The van der Waals surface area contributed by atoms with Gasteiger partial charge < -0.3 is 25.4 Å². The van der Waals surface area contributed by atoms with Gasteiger partial charge in [-0.1, -0.05) is 58.0 Å². The van der Waals surface area contributed by atoms with Crippen molar-refractivity contribution in [1.29, 1.82) is 0 Å². The van der Waals surface area contributed by atoms with Gasteiger partial charge in [-0.15, -0.1) is 0 Å². The van der Waals surface area contributed by atoms with E-state index in [1.807, 2.05) is 65.0 Å². The molecule has 3 heterocycles. The van der Waals surface area contributed by atoms with E-state index in [1.54, 1.807) is 4.90 Å².